The minimum absolute atomic E-state index is 0.370. The number of primary amides is 1. The highest BCUT2D eigenvalue weighted by Crippen LogP contribution is 2.27. The summed E-state index contributed by atoms with van der Waals surface area (Å²) >= 11 is 0. The molecule has 148 valence electrons. The predicted octanol–water partition coefficient (Wildman–Crippen LogP) is 3.10. The van der Waals surface area contributed by atoms with Crippen molar-refractivity contribution in [3.8, 4) is 5.69 Å². The van der Waals surface area contributed by atoms with E-state index in [0.717, 1.165) is 49.0 Å². The molecule has 6 nitrogen and oxygen atoms in total. The van der Waals surface area contributed by atoms with Crippen molar-refractivity contribution >= 4 is 11.8 Å². The fraction of sp³-hybridized carbons (Fsp3) is 0.261. The van der Waals surface area contributed by atoms with Crippen molar-refractivity contribution in [2.45, 2.75) is 38.1 Å². The number of fused-ring (bicyclic) bond motifs is 1. The second-order valence-corrected chi connectivity index (χ2v) is 7.30. The maximum absolute atomic E-state index is 13.2. The number of hydrogen-bond acceptors (Lipinski definition) is 3. The number of para-hydroxylation sites is 1. The average Bonchev–Trinajstić information content (AvgIpc) is 2.94. The topological polar surface area (TPSA) is 90.0 Å². The van der Waals surface area contributed by atoms with Gasteiger partial charge in [0.15, 0.2) is 5.69 Å². The maximum Gasteiger partial charge on any atom is 0.272 e. The molecule has 0 bridgehead atoms. The molecule has 1 heterocycles. The van der Waals surface area contributed by atoms with Crippen LogP contribution in [0, 0.1) is 0 Å². The number of carbonyl (C=O) groups is 2. The number of rotatable bonds is 5. The van der Waals surface area contributed by atoms with Crippen LogP contribution in [0.1, 0.15) is 52.6 Å². The fourth-order valence-corrected chi connectivity index (χ4v) is 3.90. The molecule has 1 aliphatic rings. The maximum atomic E-state index is 13.2. The molecule has 1 aromatic heterocycles. The molecule has 2 amide bonds. The molecule has 0 spiro atoms. The van der Waals surface area contributed by atoms with Gasteiger partial charge < -0.3 is 11.1 Å². The van der Waals surface area contributed by atoms with Crippen LogP contribution in [0.4, 0.5) is 0 Å². The summed E-state index contributed by atoms with van der Waals surface area (Å²) < 4.78 is 1.87. The van der Waals surface area contributed by atoms with E-state index >= 15 is 0 Å². The van der Waals surface area contributed by atoms with Gasteiger partial charge in [0.1, 0.15) is 6.04 Å². The summed E-state index contributed by atoms with van der Waals surface area (Å²) in [5.74, 6) is -0.969. The second kappa shape index (κ2) is 8.31. The van der Waals surface area contributed by atoms with E-state index in [2.05, 4.69) is 10.4 Å². The largest absolute Gasteiger partial charge is 0.368 e. The van der Waals surface area contributed by atoms with Gasteiger partial charge in [0.25, 0.3) is 5.91 Å². The van der Waals surface area contributed by atoms with Crippen molar-refractivity contribution in [3.05, 3.63) is 83.2 Å². The zero-order chi connectivity index (χ0) is 20.2. The number of nitrogens with two attached hydrogens (primary N) is 1. The SMILES string of the molecule is NC(=O)C(NC(=O)c1nn(-c2ccccc2)c2c1CCCCC2)c1ccccc1. The van der Waals surface area contributed by atoms with Crippen LogP contribution in [0.25, 0.3) is 5.69 Å². The first-order valence-electron chi connectivity index (χ1n) is 9.96. The van der Waals surface area contributed by atoms with Crippen molar-refractivity contribution in [2.24, 2.45) is 5.73 Å². The van der Waals surface area contributed by atoms with Crippen LogP contribution < -0.4 is 11.1 Å². The Bertz CT molecular complexity index is 1010. The zero-order valence-electron chi connectivity index (χ0n) is 16.2. The first-order chi connectivity index (χ1) is 14.1. The molecule has 0 radical (unpaired) electrons. The Morgan fingerprint density at radius 2 is 1.59 bits per heavy atom. The summed E-state index contributed by atoms with van der Waals surface area (Å²) in [7, 11) is 0. The first-order valence-corrected chi connectivity index (χ1v) is 9.96. The van der Waals surface area contributed by atoms with Gasteiger partial charge >= 0.3 is 0 Å². The Kier molecular flexibility index (Phi) is 5.42. The van der Waals surface area contributed by atoms with E-state index in [1.807, 2.05) is 53.2 Å². The van der Waals surface area contributed by atoms with Crippen LogP contribution >= 0.6 is 0 Å². The summed E-state index contributed by atoms with van der Waals surface area (Å²) in [4.78, 5) is 25.2. The average molecular weight is 388 g/mol. The predicted molar refractivity (Wildman–Crippen MR) is 111 cm³/mol. The molecule has 4 rings (SSSR count). The Labute approximate surface area is 169 Å². The molecule has 0 saturated carbocycles. The van der Waals surface area contributed by atoms with Crippen molar-refractivity contribution < 1.29 is 9.59 Å². The van der Waals surface area contributed by atoms with Gasteiger partial charge in [-0.25, -0.2) is 4.68 Å². The van der Waals surface area contributed by atoms with Crippen molar-refractivity contribution in [1.82, 2.24) is 15.1 Å². The monoisotopic (exact) mass is 388 g/mol. The lowest BCUT2D eigenvalue weighted by molar-refractivity contribution is -0.120. The highest BCUT2D eigenvalue weighted by Gasteiger charge is 2.28. The van der Waals surface area contributed by atoms with E-state index in [0.29, 0.717) is 11.3 Å². The number of carbonyl (C=O) groups excluding carboxylic acids is 2. The Morgan fingerprint density at radius 3 is 2.28 bits per heavy atom. The quantitative estimate of drug-likeness (QED) is 0.658. The molecule has 1 atom stereocenters. The van der Waals surface area contributed by atoms with Gasteiger partial charge in [0.2, 0.25) is 5.91 Å². The summed E-state index contributed by atoms with van der Waals surface area (Å²) in [5, 5.41) is 7.46. The molecular formula is C23H24N4O2. The van der Waals surface area contributed by atoms with Gasteiger partial charge in [-0.2, -0.15) is 5.10 Å². The van der Waals surface area contributed by atoms with E-state index in [1.165, 1.54) is 0 Å². The van der Waals surface area contributed by atoms with Crippen LogP contribution in [0.15, 0.2) is 60.7 Å². The molecular weight excluding hydrogens is 364 g/mol. The minimum Gasteiger partial charge on any atom is -0.368 e. The smallest absolute Gasteiger partial charge is 0.272 e. The van der Waals surface area contributed by atoms with Crippen LogP contribution in [0.2, 0.25) is 0 Å². The third-order valence-corrected chi connectivity index (χ3v) is 5.34. The summed E-state index contributed by atoms with van der Waals surface area (Å²) in [6.45, 7) is 0. The minimum atomic E-state index is -0.896. The van der Waals surface area contributed by atoms with Crippen LogP contribution in [0.3, 0.4) is 0 Å². The van der Waals surface area contributed by atoms with E-state index < -0.39 is 11.9 Å². The van der Waals surface area contributed by atoms with Crippen molar-refractivity contribution in [1.29, 1.82) is 0 Å². The summed E-state index contributed by atoms with van der Waals surface area (Å²) in [6.07, 6.45) is 4.89. The van der Waals surface area contributed by atoms with E-state index in [-0.39, 0.29) is 5.91 Å². The van der Waals surface area contributed by atoms with Crippen molar-refractivity contribution in [2.75, 3.05) is 0 Å². The highest BCUT2D eigenvalue weighted by atomic mass is 16.2. The number of amides is 2. The van der Waals surface area contributed by atoms with Gasteiger partial charge in [-0.15, -0.1) is 0 Å². The van der Waals surface area contributed by atoms with E-state index in [9.17, 15) is 9.59 Å². The molecule has 1 unspecified atom stereocenters. The summed E-state index contributed by atoms with van der Waals surface area (Å²) in [6, 6.07) is 18.0. The molecule has 0 aliphatic heterocycles. The molecule has 2 aromatic carbocycles. The number of nitrogens with one attached hydrogen (secondary N) is 1. The van der Waals surface area contributed by atoms with Crippen LogP contribution in [-0.4, -0.2) is 21.6 Å². The lowest BCUT2D eigenvalue weighted by Gasteiger charge is -2.15. The molecule has 0 fully saturated rings. The summed E-state index contributed by atoms with van der Waals surface area (Å²) in [5.41, 5.74) is 9.59. The van der Waals surface area contributed by atoms with Gasteiger partial charge in [-0.05, 0) is 43.4 Å². The number of aromatic nitrogens is 2. The van der Waals surface area contributed by atoms with Gasteiger partial charge in [-0.3, -0.25) is 9.59 Å². The first kappa shape index (κ1) is 18.9. The molecule has 29 heavy (non-hydrogen) atoms. The Hall–Kier alpha value is -3.41. The Balaban J connectivity index is 1.71. The van der Waals surface area contributed by atoms with Gasteiger partial charge in [0, 0.05) is 11.3 Å². The standard InChI is InChI=1S/C23H24N4O2/c24-22(28)20(16-10-4-1-5-11-16)25-23(29)21-18-14-8-3-9-15-19(18)27(26-21)17-12-6-2-7-13-17/h1-2,4-7,10-13,20H,3,8-9,14-15H2,(H2,24,28)(H,25,29). The Morgan fingerprint density at radius 1 is 0.931 bits per heavy atom. The fourth-order valence-electron chi connectivity index (χ4n) is 3.90. The van der Waals surface area contributed by atoms with Gasteiger partial charge in [0.05, 0.1) is 5.69 Å². The number of nitrogens with zero attached hydrogens (tertiary/aromatic N) is 2. The number of benzene rings is 2. The highest BCUT2D eigenvalue weighted by molar-refractivity contribution is 5.97. The number of hydrogen-bond donors (Lipinski definition) is 2. The molecule has 0 saturated heterocycles. The lowest BCUT2D eigenvalue weighted by atomic mass is 10.0. The lowest BCUT2D eigenvalue weighted by Crippen LogP contribution is -2.38. The molecule has 3 N–H and O–H groups in total. The van der Waals surface area contributed by atoms with E-state index in [4.69, 9.17) is 5.73 Å². The zero-order valence-corrected chi connectivity index (χ0v) is 16.2. The van der Waals surface area contributed by atoms with Crippen LogP contribution in [-0.2, 0) is 17.6 Å². The molecule has 1 aliphatic carbocycles. The van der Waals surface area contributed by atoms with Crippen LogP contribution in [0.5, 0.6) is 0 Å². The molecule has 6 heteroatoms. The van der Waals surface area contributed by atoms with Crippen molar-refractivity contribution in [3.63, 3.8) is 0 Å². The van der Waals surface area contributed by atoms with E-state index in [1.54, 1.807) is 12.1 Å². The third kappa shape index (κ3) is 3.92. The molecule has 3 aromatic rings. The third-order valence-electron chi connectivity index (χ3n) is 5.34. The second-order valence-electron chi connectivity index (χ2n) is 7.30. The normalized spacial score (nSPS) is 14.5. The van der Waals surface area contributed by atoms with Gasteiger partial charge in [-0.1, -0.05) is 55.0 Å².